The molecular formula is C14H14N2O3. The summed E-state index contributed by atoms with van der Waals surface area (Å²) in [4.78, 5) is 11.7. The lowest BCUT2D eigenvalue weighted by Gasteiger charge is -2.07. The largest absolute Gasteiger partial charge is 0.496 e. The monoisotopic (exact) mass is 258 g/mol. The lowest BCUT2D eigenvalue weighted by Crippen LogP contribution is -2.06. The molecule has 0 radical (unpaired) electrons. The number of nitrogens with zero attached hydrogens (tertiary/aromatic N) is 2. The van der Waals surface area contributed by atoms with Gasteiger partial charge in [-0.25, -0.2) is 4.79 Å². The lowest BCUT2D eigenvalue weighted by molar-refractivity contribution is 0.0525. The van der Waals surface area contributed by atoms with Crippen LogP contribution in [0.3, 0.4) is 0 Å². The molecule has 2 aromatic rings. The van der Waals surface area contributed by atoms with Gasteiger partial charge in [-0.05, 0) is 25.1 Å². The molecule has 0 amide bonds. The molecule has 1 heterocycles. The number of hydrogen-bond acceptors (Lipinski definition) is 5. The van der Waals surface area contributed by atoms with Gasteiger partial charge in [0.25, 0.3) is 0 Å². The number of para-hydroxylation sites is 1. The van der Waals surface area contributed by atoms with Gasteiger partial charge in [0.15, 0.2) is 0 Å². The predicted octanol–water partition coefficient (Wildman–Crippen LogP) is 2.33. The number of hydrogen-bond donors (Lipinski definition) is 0. The molecule has 19 heavy (non-hydrogen) atoms. The molecule has 0 aliphatic rings. The molecule has 0 aliphatic carbocycles. The van der Waals surface area contributed by atoms with Crippen molar-refractivity contribution in [1.29, 1.82) is 0 Å². The highest BCUT2D eigenvalue weighted by molar-refractivity contribution is 5.90. The summed E-state index contributed by atoms with van der Waals surface area (Å²) in [5.41, 5.74) is 1.73. The van der Waals surface area contributed by atoms with Gasteiger partial charge in [-0.1, -0.05) is 12.1 Å². The van der Waals surface area contributed by atoms with Gasteiger partial charge in [0.05, 0.1) is 31.2 Å². The SMILES string of the molecule is CCOC(=O)c1cnnc(-c2ccccc2OC)c1. The minimum atomic E-state index is -0.409. The van der Waals surface area contributed by atoms with Crippen LogP contribution in [0.1, 0.15) is 17.3 Å². The van der Waals surface area contributed by atoms with Gasteiger partial charge in [0.1, 0.15) is 5.75 Å². The molecule has 98 valence electrons. The van der Waals surface area contributed by atoms with Gasteiger partial charge < -0.3 is 9.47 Å². The van der Waals surface area contributed by atoms with Crippen molar-refractivity contribution in [2.24, 2.45) is 0 Å². The Balaban J connectivity index is 2.40. The molecule has 5 heteroatoms. The first-order chi connectivity index (χ1) is 9.26. The zero-order chi connectivity index (χ0) is 13.7. The molecule has 0 fully saturated rings. The van der Waals surface area contributed by atoms with Gasteiger partial charge in [-0.3, -0.25) is 0 Å². The Labute approximate surface area is 111 Å². The molecule has 0 aliphatic heterocycles. The second-order valence-corrected chi connectivity index (χ2v) is 3.75. The Hall–Kier alpha value is -2.43. The van der Waals surface area contributed by atoms with Crippen molar-refractivity contribution < 1.29 is 14.3 Å². The van der Waals surface area contributed by atoms with E-state index in [1.54, 1.807) is 20.1 Å². The van der Waals surface area contributed by atoms with Crippen LogP contribution in [0.25, 0.3) is 11.3 Å². The van der Waals surface area contributed by atoms with Crippen LogP contribution in [0.4, 0.5) is 0 Å². The number of esters is 1. The van der Waals surface area contributed by atoms with E-state index in [-0.39, 0.29) is 0 Å². The Bertz CT molecular complexity index is 584. The first-order valence-corrected chi connectivity index (χ1v) is 5.89. The zero-order valence-corrected chi connectivity index (χ0v) is 10.8. The summed E-state index contributed by atoms with van der Waals surface area (Å²) in [6, 6.07) is 9.07. The summed E-state index contributed by atoms with van der Waals surface area (Å²) in [5.74, 6) is 0.270. The highest BCUT2D eigenvalue weighted by Crippen LogP contribution is 2.27. The van der Waals surface area contributed by atoms with Crippen molar-refractivity contribution >= 4 is 5.97 Å². The van der Waals surface area contributed by atoms with E-state index in [4.69, 9.17) is 9.47 Å². The smallest absolute Gasteiger partial charge is 0.339 e. The summed E-state index contributed by atoms with van der Waals surface area (Å²) in [6.07, 6.45) is 1.39. The van der Waals surface area contributed by atoms with Crippen LogP contribution in [0.2, 0.25) is 0 Å². The number of ether oxygens (including phenoxy) is 2. The summed E-state index contributed by atoms with van der Waals surface area (Å²) < 4.78 is 10.2. The molecule has 1 aromatic carbocycles. The number of aromatic nitrogens is 2. The number of benzene rings is 1. The molecule has 0 bridgehead atoms. The molecule has 5 nitrogen and oxygen atoms in total. The fourth-order valence-electron chi connectivity index (χ4n) is 1.68. The molecule has 0 atom stereocenters. The third-order valence-corrected chi connectivity index (χ3v) is 2.55. The number of rotatable bonds is 4. The van der Waals surface area contributed by atoms with Crippen LogP contribution in [0, 0.1) is 0 Å². The summed E-state index contributed by atoms with van der Waals surface area (Å²) in [5, 5.41) is 7.86. The Morgan fingerprint density at radius 2 is 2.11 bits per heavy atom. The second-order valence-electron chi connectivity index (χ2n) is 3.75. The Kier molecular flexibility index (Phi) is 4.07. The van der Waals surface area contributed by atoms with Crippen LogP contribution in [0.15, 0.2) is 36.5 Å². The maximum absolute atomic E-state index is 11.7. The number of methoxy groups -OCH3 is 1. The molecule has 0 spiro atoms. The van der Waals surface area contributed by atoms with E-state index in [0.717, 1.165) is 5.56 Å². The van der Waals surface area contributed by atoms with Gasteiger partial charge >= 0.3 is 5.97 Å². The van der Waals surface area contributed by atoms with Gasteiger partial charge in [-0.2, -0.15) is 10.2 Å². The normalized spacial score (nSPS) is 10.0. The van der Waals surface area contributed by atoms with Gasteiger partial charge in [0, 0.05) is 5.56 Å². The van der Waals surface area contributed by atoms with E-state index in [1.807, 2.05) is 24.3 Å². The molecule has 0 saturated carbocycles. The molecule has 0 saturated heterocycles. The standard InChI is InChI=1S/C14H14N2O3/c1-3-19-14(17)10-8-12(16-15-9-10)11-6-4-5-7-13(11)18-2/h4-9H,3H2,1-2H3. The van der Waals surface area contributed by atoms with E-state index in [2.05, 4.69) is 10.2 Å². The first-order valence-electron chi connectivity index (χ1n) is 5.89. The molecule has 0 N–H and O–H groups in total. The minimum absolute atomic E-state index is 0.325. The van der Waals surface area contributed by atoms with Crippen molar-refractivity contribution in [2.75, 3.05) is 13.7 Å². The van der Waals surface area contributed by atoms with Crippen LogP contribution in [-0.4, -0.2) is 29.9 Å². The van der Waals surface area contributed by atoms with E-state index in [1.165, 1.54) is 6.20 Å². The maximum Gasteiger partial charge on any atom is 0.339 e. The van der Waals surface area contributed by atoms with Crippen molar-refractivity contribution in [1.82, 2.24) is 10.2 Å². The summed E-state index contributed by atoms with van der Waals surface area (Å²) in [6.45, 7) is 2.08. The van der Waals surface area contributed by atoms with E-state index in [9.17, 15) is 4.79 Å². The third kappa shape index (κ3) is 2.88. The van der Waals surface area contributed by atoms with E-state index in [0.29, 0.717) is 23.6 Å². The van der Waals surface area contributed by atoms with Crippen molar-refractivity contribution in [3.63, 3.8) is 0 Å². The summed E-state index contributed by atoms with van der Waals surface area (Å²) in [7, 11) is 1.58. The van der Waals surface area contributed by atoms with Crippen molar-refractivity contribution in [3.8, 4) is 17.0 Å². The molecule has 2 rings (SSSR count). The highest BCUT2D eigenvalue weighted by Gasteiger charge is 2.12. The van der Waals surface area contributed by atoms with Gasteiger partial charge in [0.2, 0.25) is 0 Å². The fraction of sp³-hybridized carbons (Fsp3) is 0.214. The van der Waals surface area contributed by atoms with Crippen molar-refractivity contribution in [3.05, 3.63) is 42.1 Å². The van der Waals surface area contributed by atoms with Crippen molar-refractivity contribution in [2.45, 2.75) is 6.92 Å². The van der Waals surface area contributed by atoms with E-state index >= 15 is 0 Å². The van der Waals surface area contributed by atoms with Gasteiger partial charge in [-0.15, -0.1) is 0 Å². The Morgan fingerprint density at radius 3 is 2.84 bits per heavy atom. The predicted molar refractivity (Wildman–Crippen MR) is 70.0 cm³/mol. The van der Waals surface area contributed by atoms with E-state index < -0.39 is 5.97 Å². The fourth-order valence-corrected chi connectivity index (χ4v) is 1.68. The number of carbonyl (C=O) groups is 1. The lowest BCUT2D eigenvalue weighted by atomic mass is 10.1. The van der Waals surface area contributed by atoms with Crippen LogP contribution in [0.5, 0.6) is 5.75 Å². The van der Waals surface area contributed by atoms with Crippen LogP contribution < -0.4 is 4.74 Å². The molecule has 1 aromatic heterocycles. The number of carbonyl (C=O) groups excluding carboxylic acids is 1. The zero-order valence-electron chi connectivity index (χ0n) is 10.8. The van der Waals surface area contributed by atoms with Crippen LogP contribution >= 0.6 is 0 Å². The van der Waals surface area contributed by atoms with Crippen LogP contribution in [-0.2, 0) is 4.74 Å². The third-order valence-electron chi connectivity index (χ3n) is 2.55. The average molecular weight is 258 g/mol. The molecular weight excluding hydrogens is 244 g/mol. The Morgan fingerprint density at radius 1 is 1.32 bits per heavy atom. The average Bonchev–Trinajstić information content (AvgIpc) is 2.47. The summed E-state index contributed by atoms with van der Waals surface area (Å²) >= 11 is 0. The first kappa shape index (κ1) is 13.0. The minimum Gasteiger partial charge on any atom is -0.496 e. The molecule has 0 unspecified atom stereocenters. The maximum atomic E-state index is 11.7. The second kappa shape index (κ2) is 5.95. The highest BCUT2D eigenvalue weighted by atomic mass is 16.5. The quantitative estimate of drug-likeness (QED) is 0.788. The topological polar surface area (TPSA) is 61.3 Å².